The van der Waals surface area contributed by atoms with Crippen molar-refractivity contribution in [3.63, 3.8) is 0 Å². The largest absolute Gasteiger partial charge is 0.493 e. The highest BCUT2D eigenvalue weighted by atomic mass is 16.5. The second-order valence-corrected chi connectivity index (χ2v) is 9.64. The monoisotopic (exact) mass is 432 g/mol. The first-order chi connectivity index (χ1) is 14.8. The first-order valence-corrected chi connectivity index (χ1v) is 11.9. The molecule has 3 rings (SSSR count). The van der Waals surface area contributed by atoms with E-state index in [0.717, 1.165) is 42.7 Å². The number of benzene rings is 1. The molecule has 1 aromatic rings. The average molecular weight is 433 g/mol. The van der Waals surface area contributed by atoms with Gasteiger partial charge in [0.05, 0.1) is 25.4 Å². The van der Waals surface area contributed by atoms with Gasteiger partial charge in [-0.15, -0.1) is 0 Å². The summed E-state index contributed by atoms with van der Waals surface area (Å²) < 4.78 is 11.8. The summed E-state index contributed by atoms with van der Waals surface area (Å²) in [5.41, 5.74) is 6.80. The van der Waals surface area contributed by atoms with Crippen LogP contribution in [0.5, 0.6) is 11.5 Å². The van der Waals surface area contributed by atoms with Crippen LogP contribution in [0.3, 0.4) is 0 Å². The summed E-state index contributed by atoms with van der Waals surface area (Å²) in [6.07, 6.45) is 6.86. The van der Waals surface area contributed by atoms with Gasteiger partial charge < -0.3 is 25.2 Å². The van der Waals surface area contributed by atoms with Gasteiger partial charge in [0.15, 0.2) is 11.5 Å². The third kappa shape index (κ3) is 5.17. The second-order valence-electron chi connectivity index (χ2n) is 9.64. The van der Waals surface area contributed by atoms with E-state index < -0.39 is 17.6 Å². The van der Waals surface area contributed by atoms with Crippen LogP contribution < -0.4 is 15.2 Å². The van der Waals surface area contributed by atoms with Gasteiger partial charge in [-0.3, -0.25) is 4.79 Å². The zero-order chi connectivity index (χ0) is 22.6. The third-order valence-electron chi connectivity index (χ3n) is 7.37. The molecule has 2 fully saturated rings. The summed E-state index contributed by atoms with van der Waals surface area (Å²) in [5.74, 6) is 1.46. The van der Waals surface area contributed by atoms with E-state index in [2.05, 4.69) is 13.8 Å². The molecule has 31 heavy (non-hydrogen) atoms. The highest BCUT2D eigenvalue weighted by Gasteiger charge is 2.49. The number of methoxy groups -OCH3 is 1. The zero-order valence-electron chi connectivity index (χ0n) is 19.6. The molecular weight excluding hydrogens is 392 g/mol. The number of unbranched alkanes of at least 4 members (excludes halogenated alkanes) is 1. The Balaban J connectivity index is 1.85. The van der Waals surface area contributed by atoms with Crippen LogP contribution in [0.15, 0.2) is 18.2 Å². The maximum absolute atomic E-state index is 13.0. The van der Waals surface area contributed by atoms with Gasteiger partial charge in [0.2, 0.25) is 5.91 Å². The number of carbonyl (C=O) groups is 1. The Bertz CT molecular complexity index is 747. The molecule has 6 heteroatoms. The van der Waals surface area contributed by atoms with Crippen LogP contribution in [-0.4, -0.2) is 54.4 Å². The van der Waals surface area contributed by atoms with Crippen molar-refractivity contribution in [1.82, 2.24) is 4.90 Å². The summed E-state index contributed by atoms with van der Waals surface area (Å²) in [5, 5.41) is 10.7. The average Bonchev–Trinajstić information content (AvgIpc) is 3.39. The molecule has 1 heterocycles. The Labute approximate surface area is 187 Å². The summed E-state index contributed by atoms with van der Waals surface area (Å²) in [4.78, 5) is 14.9. The van der Waals surface area contributed by atoms with Crippen molar-refractivity contribution in [2.45, 2.75) is 89.9 Å². The van der Waals surface area contributed by atoms with E-state index in [1.165, 1.54) is 12.8 Å². The van der Waals surface area contributed by atoms with Gasteiger partial charge in [-0.1, -0.05) is 32.8 Å². The standard InChI is InChI=1S/C25H40N2O4/c1-5-6-11-21(26)24(29)27-15-20(25(3,16-27)17(2)28)18-12-13-22(30-4)23(14-18)31-19-9-7-8-10-19/h12-14,17,19-21,28H,5-11,15-16,26H2,1-4H3/t17?,20-,21-,25-/m0/s1. The number of rotatable bonds is 9. The molecule has 0 radical (unpaired) electrons. The van der Waals surface area contributed by atoms with E-state index in [9.17, 15) is 9.90 Å². The number of ether oxygens (including phenoxy) is 2. The minimum Gasteiger partial charge on any atom is -0.493 e. The fourth-order valence-corrected chi connectivity index (χ4v) is 5.06. The van der Waals surface area contributed by atoms with E-state index in [1.54, 1.807) is 7.11 Å². The van der Waals surface area contributed by atoms with Crippen molar-refractivity contribution < 1.29 is 19.4 Å². The molecule has 1 amide bonds. The van der Waals surface area contributed by atoms with Crippen LogP contribution in [-0.2, 0) is 4.79 Å². The minimum atomic E-state index is -0.566. The number of likely N-dealkylation sites (tertiary alicyclic amines) is 1. The van der Waals surface area contributed by atoms with Crippen LogP contribution in [0.25, 0.3) is 0 Å². The lowest BCUT2D eigenvalue weighted by Crippen LogP contribution is -2.44. The van der Waals surface area contributed by atoms with Crippen molar-refractivity contribution in [1.29, 1.82) is 0 Å². The summed E-state index contributed by atoms with van der Waals surface area (Å²) in [6.45, 7) is 7.03. The molecule has 1 aliphatic carbocycles. The molecular formula is C25H40N2O4. The Kier molecular flexibility index (Phi) is 7.87. The molecule has 1 aromatic carbocycles. The minimum absolute atomic E-state index is 0.00772. The van der Waals surface area contributed by atoms with Crippen molar-refractivity contribution in [3.05, 3.63) is 23.8 Å². The molecule has 1 saturated heterocycles. The Morgan fingerprint density at radius 1 is 1.32 bits per heavy atom. The maximum atomic E-state index is 13.0. The molecule has 0 spiro atoms. The second kappa shape index (κ2) is 10.2. The highest BCUT2D eigenvalue weighted by Crippen LogP contribution is 2.47. The number of aliphatic hydroxyl groups excluding tert-OH is 1. The summed E-state index contributed by atoms with van der Waals surface area (Å²) in [6, 6.07) is 5.55. The first-order valence-electron chi connectivity index (χ1n) is 11.9. The lowest BCUT2D eigenvalue weighted by atomic mass is 9.72. The van der Waals surface area contributed by atoms with Crippen LogP contribution in [0.4, 0.5) is 0 Å². The van der Waals surface area contributed by atoms with E-state index in [4.69, 9.17) is 15.2 Å². The molecule has 6 nitrogen and oxygen atoms in total. The predicted molar refractivity (Wildman–Crippen MR) is 122 cm³/mol. The topological polar surface area (TPSA) is 85.0 Å². The van der Waals surface area contributed by atoms with E-state index >= 15 is 0 Å². The fourth-order valence-electron chi connectivity index (χ4n) is 5.06. The zero-order valence-corrected chi connectivity index (χ0v) is 19.6. The summed E-state index contributed by atoms with van der Waals surface area (Å²) in [7, 11) is 1.66. The first kappa shape index (κ1) is 23.9. The summed E-state index contributed by atoms with van der Waals surface area (Å²) >= 11 is 0. The Morgan fingerprint density at radius 3 is 2.65 bits per heavy atom. The van der Waals surface area contributed by atoms with Crippen LogP contribution >= 0.6 is 0 Å². The van der Waals surface area contributed by atoms with Crippen molar-refractivity contribution in [2.24, 2.45) is 11.1 Å². The maximum Gasteiger partial charge on any atom is 0.239 e. The number of hydrogen-bond acceptors (Lipinski definition) is 5. The van der Waals surface area contributed by atoms with E-state index in [1.807, 2.05) is 30.0 Å². The van der Waals surface area contributed by atoms with Gasteiger partial charge in [0.1, 0.15) is 0 Å². The third-order valence-corrected chi connectivity index (χ3v) is 7.37. The van der Waals surface area contributed by atoms with Crippen LogP contribution in [0, 0.1) is 5.41 Å². The smallest absolute Gasteiger partial charge is 0.239 e. The quantitative estimate of drug-likeness (QED) is 0.619. The molecule has 1 unspecified atom stereocenters. The molecule has 1 saturated carbocycles. The Hall–Kier alpha value is -1.79. The normalized spacial score (nSPS) is 26.1. The molecule has 0 bridgehead atoms. The number of carbonyl (C=O) groups excluding carboxylic acids is 1. The van der Waals surface area contributed by atoms with E-state index in [0.29, 0.717) is 19.5 Å². The van der Waals surface area contributed by atoms with Crippen molar-refractivity contribution >= 4 is 5.91 Å². The highest BCUT2D eigenvalue weighted by molar-refractivity contribution is 5.82. The molecule has 0 aromatic heterocycles. The van der Waals surface area contributed by atoms with E-state index in [-0.39, 0.29) is 17.9 Å². The Morgan fingerprint density at radius 2 is 2.03 bits per heavy atom. The number of nitrogens with zero attached hydrogens (tertiary/aromatic N) is 1. The molecule has 3 N–H and O–H groups in total. The number of aliphatic hydroxyl groups is 1. The molecule has 4 atom stereocenters. The van der Waals surface area contributed by atoms with Crippen LogP contribution in [0.2, 0.25) is 0 Å². The lowest BCUT2D eigenvalue weighted by molar-refractivity contribution is -0.132. The van der Waals surface area contributed by atoms with Gasteiger partial charge in [-0.2, -0.15) is 0 Å². The van der Waals surface area contributed by atoms with Gasteiger partial charge in [0, 0.05) is 24.4 Å². The molecule has 174 valence electrons. The van der Waals surface area contributed by atoms with Gasteiger partial charge in [-0.25, -0.2) is 0 Å². The van der Waals surface area contributed by atoms with Gasteiger partial charge in [0.25, 0.3) is 0 Å². The van der Waals surface area contributed by atoms with Gasteiger partial charge >= 0.3 is 0 Å². The van der Waals surface area contributed by atoms with Crippen LogP contribution in [0.1, 0.15) is 77.2 Å². The SMILES string of the molecule is CCCC[C@H](N)C(=O)N1C[C@@H](c2ccc(OC)c(OC3CCCC3)c2)[C@](C)(C(C)O)C1. The lowest BCUT2D eigenvalue weighted by Gasteiger charge is -2.34. The number of amides is 1. The van der Waals surface area contributed by atoms with Gasteiger partial charge in [-0.05, 0) is 56.7 Å². The fraction of sp³-hybridized carbons (Fsp3) is 0.720. The number of hydrogen-bond donors (Lipinski definition) is 2. The van der Waals surface area contributed by atoms with Crippen molar-refractivity contribution in [3.8, 4) is 11.5 Å². The number of nitrogens with two attached hydrogens (primary N) is 1. The predicted octanol–water partition coefficient (Wildman–Crippen LogP) is 3.85. The van der Waals surface area contributed by atoms with Crippen molar-refractivity contribution in [2.75, 3.05) is 20.2 Å². The molecule has 2 aliphatic rings. The molecule has 1 aliphatic heterocycles.